The molecule has 0 rings (SSSR count). The van der Waals surface area contributed by atoms with Crippen molar-refractivity contribution in [3.8, 4) is 0 Å². The molecule has 0 heterocycles. The largest absolute Gasteiger partial charge is 0.465 e. The summed E-state index contributed by atoms with van der Waals surface area (Å²) in [5, 5.41) is 0. The topological polar surface area (TPSA) is 81.9 Å². The fourth-order valence-electron chi connectivity index (χ4n) is 1.43. The van der Waals surface area contributed by atoms with E-state index in [-0.39, 0.29) is 12.5 Å². The molecule has 0 aromatic rings. The first-order valence-electron chi connectivity index (χ1n) is 6.24. The van der Waals surface area contributed by atoms with Crippen LogP contribution in [0.2, 0.25) is 0 Å². The molecule has 1 atom stereocenters. The number of nitrogens with zero attached hydrogens (tertiary/aromatic N) is 1. The molecule has 0 radical (unpaired) electrons. The lowest BCUT2D eigenvalue weighted by atomic mass is 10.2. The van der Waals surface area contributed by atoms with Crippen molar-refractivity contribution in [1.82, 2.24) is 4.90 Å². The van der Waals surface area contributed by atoms with Gasteiger partial charge in [-0.1, -0.05) is 0 Å². The quantitative estimate of drug-likeness (QED) is 0.575. The van der Waals surface area contributed by atoms with Crippen LogP contribution in [0.5, 0.6) is 0 Å². The Morgan fingerprint density at radius 1 is 1.42 bits per heavy atom. The number of nitrogens with two attached hydrogens (primary N) is 1. The van der Waals surface area contributed by atoms with Gasteiger partial charge in [0.05, 0.1) is 19.3 Å². The van der Waals surface area contributed by atoms with E-state index in [0.717, 1.165) is 5.75 Å². The number of ether oxygens (including phenoxy) is 2. The number of hydrogen-bond acceptors (Lipinski definition) is 6. The lowest BCUT2D eigenvalue weighted by molar-refractivity contribution is -0.149. The highest BCUT2D eigenvalue weighted by atomic mass is 32.2. The normalized spacial score (nSPS) is 12.0. The first-order valence-corrected chi connectivity index (χ1v) is 7.64. The molecule has 0 saturated heterocycles. The molecule has 19 heavy (non-hydrogen) atoms. The van der Waals surface area contributed by atoms with Crippen molar-refractivity contribution in [3.05, 3.63) is 0 Å². The van der Waals surface area contributed by atoms with Crippen LogP contribution in [0.3, 0.4) is 0 Å². The molecule has 0 aliphatic heterocycles. The van der Waals surface area contributed by atoms with Crippen LogP contribution in [-0.4, -0.2) is 68.2 Å². The van der Waals surface area contributed by atoms with E-state index >= 15 is 0 Å². The van der Waals surface area contributed by atoms with Gasteiger partial charge in [-0.05, 0) is 25.4 Å². The third-order valence-corrected chi connectivity index (χ3v) is 3.10. The van der Waals surface area contributed by atoms with Gasteiger partial charge in [-0.2, -0.15) is 11.8 Å². The van der Waals surface area contributed by atoms with E-state index in [1.54, 1.807) is 25.8 Å². The van der Waals surface area contributed by atoms with Crippen LogP contribution in [0.1, 0.15) is 13.3 Å². The maximum absolute atomic E-state index is 12.1. The number of esters is 1. The first-order chi connectivity index (χ1) is 9.06. The number of carbonyl (C=O) groups excluding carboxylic acids is 2. The predicted octanol–water partition coefficient (Wildman–Crippen LogP) is 0.105. The van der Waals surface area contributed by atoms with Crippen molar-refractivity contribution < 1.29 is 19.1 Å². The fourth-order valence-corrected chi connectivity index (χ4v) is 1.92. The van der Waals surface area contributed by atoms with Crippen LogP contribution in [-0.2, 0) is 19.1 Å². The van der Waals surface area contributed by atoms with Gasteiger partial charge in [0.15, 0.2) is 0 Å². The summed E-state index contributed by atoms with van der Waals surface area (Å²) in [5.41, 5.74) is 5.83. The minimum atomic E-state index is -0.585. The summed E-state index contributed by atoms with van der Waals surface area (Å²) in [7, 11) is 1.54. The van der Waals surface area contributed by atoms with Gasteiger partial charge in [0.2, 0.25) is 5.91 Å². The summed E-state index contributed by atoms with van der Waals surface area (Å²) >= 11 is 1.63. The molecule has 0 spiro atoms. The molecule has 7 heteroatoms. The molecule has 0 saturated carbocycles. The molecule has 0 unspecified atom stereocenters. The van der Waals surface area contributed by atoms with Gasteiger partial charge in [-0.3, -0.25) is 9.59 Å². The van der Waals surface area contributed by atoms with Crippen LogP contribution in [0.4, 0.5) is 0 Å². The average Bonchev–Trinajstić information content (AvgIpc) is 2.40. The van der Waals surface area contributed by atoms with E-state index in [4.69, 9.17) is 15.2 Å². The van der Waals surface area contributed by atoms with E-state index in [1.807, 2.05) is 6.26 Å². The van der Waals surface area contributed by atoms with Gasteiger partial charge in [0.1, 0.15) is 6.54 Å². The Morgan fingerprint density at radius 3 is 2.63 bits per heavy atom. The molecule has 2 N–H and O–H groups in total. The fraction of sp³-hybridized carbons (Fsp3) is 0.833. The van der Waals surface area contributed by atoms with Crippen molar-refractivity contribution in [2.45, 2.75) is 19.4 Å². The van der Waals surface area contributed by atoms with Gasteiger partial charge >= 0.3 is 5.97 Å². The summed E-state index contributed by atoms with van der Waals surface area (Å²) < 4.78 is 9.78. The Kier molecular flexibility index (Phi) is 10.6. The van der Waals surface area contributed by atoms with Gasteiger partial charge in [0, 0.05) is 13.7 Å². The van der Waals surface area contributed by atoms with E-state index in [2.05, 4.69) is 0 Å². The van der Waals surface area contributed by atoms with Crippen LogP contribution in [0.25, 0.3) is 0 Å². The minimum absolute atomic E-state index is 0.0804. The van der Waals surface area contributed by atoms with E-state index < -0.39 is 12.0 Å². The summed E-state index contributed by atoms with van der Waals surface area (Å²) in [6.45, 7) is 2.64. The molecule has 6 nitrogen and oxygen atoms in total. The summed E-state index contributed by atoms with van der Waals surface area (Å²) in [6, 6.07) is -0.585. The van der Waals surface area contributed by atoms with Crippen molar-refractivity contribution >= 4 is 23.6 Å². The molecule has 0 aromatic carbocycles. The van der Waals surface area contributed by atoms with E-state index in [1.165, 1.54) is 4.90 Å². The van der Waals surface area contributed by atoms with Crippen LogP contribution in [0, 0.1) is 0 Å². The number of carbonyl (C=O) groups is 2. The molecule has 0 aromatic heterocycles. The summed E-state index contributed by atoms with van der Waals surface area (Å²) in [5.74, 6) is 0.146. The Labute approximate surface area is 119 Å². The van der Waals surface area contributed by atoms with Gasteiger partial charge in [-0.25, -0.2) is 0 Å². The second-order valence-corrected chi connectivity index (χ2v) is 4.93. The monoisotopic (exact) mass is 292 g/mol. The molecule has 0 fully saturated rings. The van der Waals surface area contributed by atoms with E-state index in [9.17, 15) is 9.59 Å². The third kappa shape index (κ3) is 8.07. The summed E-state index contributed by atoms with van der Waals surface area (Å²) in [4.78, 5) is 25.0. The van der Waals surface area contributed by atoms with Crippen LogP contribution >= 0.6 is 11.8 Å². The Bertz CT molecular complexity index is 276. The van der Waals surface area contributed by atoms with Crippen molar-refractivity contribution in [3.63, 3.8) is 0 Å². The van der Waals surface area contributed by atoms with Crippen LogP contribution in [0.15, 0.2) is 0 Å². The number of methoxy groups -OCH3 is 1. The zero-order chi connectivity index (χ0) is 14.7. The maximum Gasteiger partial charge on any atom is 0.325 e. The van der Waals surface area contributed by atoms with E-state index in [0.29, 0.717) is 26.2 Å². The smallest absolute Gasteiger partial charge is 0.325 e. The molecule has 112 valence electrons. The SMILES string of the molecule is CCOC(=O)CN(CCOC)C(=O)[C@H](N)CCSC. The summed E-state index contributed by atoms with van der Waals surface area (Å²) in [6.07, 6.45) is 2.55. The maximum atomic E-state index is 12.1. The lowest BCUT2D eigenvalue weighted by Crippen LogP contribution is -2.47. The molecule has 1 amide bonds. The number of hydrogen-bond donors (Lipinski definition) is 1. The molecule has 0 aliphatic carbocycles. The minimum Gasteiger partial charge on any atom is -0.465 e. The van der Waals surface area contributed by atoms with Crippen LogP contribution < -0.4 is 5.73 Å². The number of amides is 1. The molecule has 0 aliphatic rings. The molecule has 0 bridgehead atoms. The predicted molar refractivity (Wildman–Crippen MR) is 76.1 cm³/mol. The second kappa shape index (κ2) is 11.1. The zero-order valence-electron chi connectivity index (χ0n) is 11.9. The van der Waals surface area contributed by atoms with Crippen molar-refractivity contribution in [2.75, 3.05) is 45.4 Å². The highest BCUT2D eigenvalue weighted by molar-refractivity contribution is 7.98. The van der Waals surface area contributed by atoms with Gasteiger partial charge in [-0.15, -0.1) is 0 Å². The van der Waals surface area contributed by atoms with Crippen molar-refractivity contribution in [1.29, 1.82) is 0 Å². The molecular weight excluding hydrogens is 268 g/mol. The number of rotatable bonds is 10. The average molecular weight is 292 g/mol. The highest BCUT2D eigenvalue weighted by Gasteiger charge is 2.23. The van der Waals surface area contributed by atoms with Gasteiger partial charge in [0.25, 0.3) is 0 Å². The first kappa shape index (κ1) is 18.2. The highest BCUT2D eigenvalue weighted by Crippen LogP contribution is 2.03. The Balaban J connectivity index is 4.45. The second-order valence-electron chi connectivity index (χ2n) is 3.95. The Hall–Kier alpha value is -0.790. The standard InChI is InChI=1S/C12H24N2O4S/c1-4-18-11(15)9-14(6-7-17-2)12(16)10(13)5-8-19-3/h10H,4-9,13H2,1-3H3/t10-/m1/s1. The number of thioether (sulfide) groups is 1. The Morgan fingerprint density at radius 2 is 2.11 bits per heavy atom. The van der Waals surface area contributed by atoms with Crippen molar-refractivity contribution in [2.24, 2.45) is 5.73 Å². The molecular formula is C12H24N2O4S. The third-order valence-electron chi connectivity index (χ3n) is 2.45. The zero-order valence-corrected chi connectivity index (χ0v) is 12.7. The van der Waals surface area contributed by atoms with Gasteiger partial charge < -0.3 is 20.1 Å². The lowest BCUT2D eigenvalue weighted by Gasteiger charge is -2.24.